The van der Waals surface area contributed by atoms with Crippen molar-refractivity contribution in [1.82, 2.24) is 19.5 Å². The molecule has 1 aromatic carbocycles. The topological polar surface area (TPSA) is 94.4 Å². The van der Waals surface area contributed by atoms with Crippen molar-refractivity contribution >= 4 is 17.4 Å². The van der Waals surface area contributed by atoms with E-state index in [9.17, 15) is 4.79 Å². The molecular formula is C21H24N6O3. The molecule has 4 rings (SSSR count). The van der Waals surface area contributed by atoms with Gasteiger partial charge in [0.1, 0.15) is 35.8 Å². The smallest absolute Gasteiger partial charge is 0.227 e. The highest BCUT2D eigenvalue weighted by molar-refractivity contribution is 5.94. The summed E-state index contributed by atoms with van der Waals surface area (Å²) >= 11 is 0. The molecule has 0 atom stereocenters. The molecule has 9 heteroatoms. The Balaban J connectivity index is 1.38. The lowest BCUT2D eigenvalue weighted by molar-refractivity contribution is -0.120. The summed E-state index contributed by atoms with van der Waals surface area (Å²) in [4.78, 5) is 27.7. The number of rotatable bonds is 6. The molecule has 30 heavy (non-hydrogen) atoms. The molecular weight excluding hydrogens is 384 g/mol. The minimum Gasteiger partial charge on any atom is -0.497 e. The fourth-order valence-electron chi connectivity index (χ4n) is 3.55. The predicted octanol–water partition coefficient (Wildman–Crippen LogP) is 2.53. The van der Waals surface area contributed by atoms with Gasteiger partial charge in [-0.05, 0) is 25.0 Å². The lowest BCUT2D eigenvalue weighted by Gasteiger charge is -2.32. The van der Waals surface area contributed by atoms with E-state index in [4.69, 9.17) is 9.47 Å². The molecule has 0 saturated carbocycles. The predicted molar refractivity (Wildman–Crippen MR) is 112 cm³/mol. The quantitative estimate of drug-likeness (QED) is 0.670. The van der Waals surface area contributed by atoms with E-state index >= 15 is 0 Å². The number of benzene rings is 1. The van der Waals surface area contributed by atoms with Crippen molar-refractivity contribution < 1.29 is 14.3 Å². The van der Waals surface area contributed by atoms with Gasteiger partial charge in [-0.3, -0.25) is 9.36 Å². The van der Waals surface area contributed by atoms with Crippen LogP contribution in [0.3, 0.4) is 0 Å². The maximum Gasteiger partial charge on any atom is 0.227 e. The van der Waals surface area contributed by atoms with Crippen molar-refractivity contribution in [2.75, 3.05) is 37.5 Å². The third-order valence-electron chi connectivity index (χ3n) is 5.26. The SMILES string of the molecule is COc1ccc(NC(=O)C2CCN(c3cc(-n4ccnc4)ncn3)CC2)c(OC)c1. The van der Waals surface area contributed by atoms with Gasteiger partial charge in [0.2, 0.25) is 5.91 Å². The van der Waals surface area contributed by atoms with E-state index in [1.54, 1.807) is 51.3 Å². The number of nitrogens with one attached hydrogen (secondary N) is 1. The van der Waals surface area contributed by atoms with Crippen LogP contribution < -0.4 is 19.7 Å². The second-order valence-corrected chi connectivity index (χ2v) is 7.02. The van der Waals surface area contributed by atoms with Gasteiger partial charge < -0.3 is 19.7 Å². The molecule has 0 unspecified atom stereocenters. The van der Waals surface area contributed by atoms with E-state index in [2.05, 4.69) is 25.2 Å². The molecule has 1 aliphatic rings. The first-order valence-corrected chi connectivity index (χ1v) is 9.76. The van der Waals surface area contributed by atoms with E-state index in [1.165, 1.54) is 0 Å². The monoisotopic (exact) mass is 408 g/mol. The minimum atomic E-state index is -0.0667. The first-order chi connectivity index (χ1) is 14.7. The largest absolute Gasteiger partial charge is 0.497 e. The minimum absolute atomic E-state index is 0.0000844. The second-order valence-electron chi connectivity index (χ2n) is 7.02. The number of methoxy groups -OCH3 is 2. The summed E-state index contributed by atoms with van der Waals surface area (Å²) < 4.78 is 12.4. The lowest BCUT2D eigenvalue weighted by Crippen LogP contribution is -2.38. The molecule has 0 spiro atoms. The highest BCUT2D eigenvalue weighted by atomic mass is 16.5. The number of amides is 1. The van der Waals surface area contributed by atoms with E-state index in [0.29, 0.717) is 17.2 Å². The molecule has 1 amide bonds. The molecule has 156 valence electrons. The van der Waals surface area contributed by atoms with Crippen molar-refractivity contribution in [3.8, 4) is 17.3 Å². The highest BCUT2D eigenvalue weighted by Gasteiger charge is 2.26. The molecule has 2 aromatic heterocycles. The standard InChI is InChI=1S/C21H24N6O3/c1-29-16-3-4-17(18(11-16)30-2)25-21(28)15-5-8-26(9-6-15)19-12-20(24-13-23-19)27-10-7-22-14-27/h3-4,7,10-15H,5-6,8-9H2,1-2H3,(H,25,28). The molecule has 3 heterocycles. The number of imidazole rings is 1. The molecule has 1 fully saturated rings. The van der Waals surface area contributed by atoms with Gasteiger partial charge in [0.05, 0.1) is 19.9 Å². The summed E-state index contributed by atoms with van der Waals surface area (Å²) in [5.41, 5.74) is 0.645. The second kappa shape index (κ2) is 8.81. The van der Waals surface area contributed by atoms with Crippen molar-refractivity contribution in [1.29, 1.82) is 0 Å². The summed E-state index contributed by atoms with van der Waals surface area (Å²) in [6, 6.07) is 7.28. The molecule has 3 aromatic rings. The van der Waals surface area contributed by atoms with E-state index in [-0.39, 0.29) is 11.8 Å². The average Bonchev–Trinajstić information content (AvgIpc) is 3.34. The summed E-state index contributed by atoms with van der Waals surface area (Å²) in [6.07, 6.45) is 8.30. The third-order valence-corrected chi connectivity index (χ3v) is 5.26. The number of hydrogen-bond donors (Lipinski definition) is 1. The Labute approximate surface area is 174 Å². The number of ether oxygens (including phenoxy) is 2. The zero-order valence-electron chi connectivity index (χ0n) is 17.0. The summed E-state index contributed by atoms with van der Waals surface area (Å²) in [5, 5.41) is 2.99. The lowest BCUT2D eigenvalue weighted by atomic mass is 9.95. The maximum atomic E-state index is 12.8. The molecule has 1 saturated heterocycles. The number of nitrogens with zero attached hydrogens (tertiary/aromatic N) is 5. The molecule has 0 radical (unpaired) electrons. The Morgan fingerprint density at radius 1 is 1.10 bits per heavy atom. The number of anilines is 2. The van der Waals surface area contributed by atoms with Crippen LogP contribution in [0.4, 0.5) is 11.5 Å². The molecule has 1 N–H and O–H groups in total. The normalized spacial score (nSPS) is 14.4. The van der Waals surface area contributed by atoms with Crippen LogP contribution in [0, 0.1) is 5.92 Å². The van der Waals surface area contributed by atoms with Crippen molar-refractivity contribution in [2.24, 2.45) is 5.92 Å². The van der Waals surface area contributed by atoms with Gasteiger partial charge in [-0.1, -0.05) is 0 Å². The molecule has 9 nitrogen and oxygen atoms in total. The van der Waals surface area contributed by atoms with Crippen LogP contribution in [0.2, 0.25) is 0 Å². The van der Waals surface area contributed by atoms with Gasteiger partial charge in [0.15, 0.2) is 0 Å². The van der Waals surface area contributed by atoms with Crippen molar-refractivity contribution in [2.45, 2.75) is 12.8 Å². The molecule has 0 aliphatic carbocycles. The van der Waals surface area contributed by atoms with Crippen LogP contribution in [0.15, 0.2) is 49.3 Å². The molecule has 0 bridgehead atoms. The number of carbonyl (C=O) groups is 1. The van der Waals surface area contributed by atoms with Crippen LogP contribution in [0.1, 0.15) is 12.8 Å². The van der Waals surface area contributed by atoms with E-state index in [1.807, 2.05) is 16.8 Å². The van der Waals surface area contributed by atoms with Crippen LogP contribution in [0.25, 0.3) is 5.82 Å². The molecule has 1 aliphatic heterocycles. The average molecular weight is 408 g/mol. The summed E-state index contributed by atoms with van der Waals surface area (Å²) in [5.74, 6) is 2.81. The van der Waals surface area contributed by atoms with Crippen molar-refractivity contribution in [3.05, 3.63) is 49.3 Å². The van der Waals surface area contributed by atoms with Gasteiger partial charge in [-0.2, -0.15) is 0 Å². The van der Waals surface area contributed by atoms with Crippen LogP contribution in [-0.2, 0) is 4.79 Å². The van der Waals surface area contributed by atoms with Crippen LogP contribution >= 0.6 is 0 Å². The Kier molecular flexibility index (Phi) is 5.78. The van der Waals surface area contributed by atoms with E-state index in [0.717, 1.165) is 37.6 Å². The Hall–Kier alpha value is -3.62. The summed E-state index contributed by atoms with van der Waals surface area (Å²) in [6.45, 7) is 1.50. The van der Waals surface area contributed by atoms with Crippen LogP contribution in [-0.4, -0.2) is 52.7 Å². The Morgan fingerprint density at radius 2 is 1.90 bits per heavy atom. The van der Waals surface area contributed by atoms with E-state index < -0.39 is 0 Å². The zero-order valence-corrected chi connectivity index (χ0v) is 17.0. The fraction of sp³-hybridized carbons (Fsp3) is 0.333. The number of hydrogen-bond acceptors (Lipinski definition) is 7. The van der Waals surface area contributed by atoms with Crippen molar-refractivity contribution in [3.63, 3.8) is 0 Å². The third kappa shape index (κ3) is 4.19. The number of piperidine rings is 1. The highest BCUT2D eigenvalue weighted by Crippen LogP contribution is 2.30. The first kappa shape index (κ1) is 19.7. The van der Waals surface area contributed by atoms with Gasteiger partial charge in [0.25, 0.3) is 0 Å². The first-order valence-electron chi connectivity index (χ1n) is 9.76. The van der Waals surface area contributed by atoms with Gasteiger partial charge >= 0.3 is 0 Å². The number of carbonyl (C=O) groups excluding carboxylic acids is 1. The number of aromatic nitrogens is 4. The van der Waals surface area contributed by atoms with Gasteiger partial charge in [-0.15, -0.1) is 0 Å². The summed E-state index contributed by atoms with van der Waals surface area (Å²) in [7, 11) is 3.17. The zero-order chi connectivity index (χ0) is 20.9. The maximum absolute atomic E-state index is 12.8. The Morgan fingerprint density at radius 3 is 2.60 bits per heavy atom. The Bertz CT molecular complexity index is 1000. The fourth-order valence-corrected chi connectivity index (χ4v) is 3.55. The van der Waals surface area contributed by atoms with Gasteiger partial charge in [0, 0.05) is 43.5 Å². The van der Waals surface area contributed by atoms with Crippen LogP contribution in [0.5, 0.6) is 11.5 Å². The van der Waals surface area contributed by atoms with Gasteiger partial charge in [-0.25, -0.2) is 15.0 Å².